The van der Waals surface area contributed by atoms with Gasteiger partial charge in [0.15, 0.2) is 6.61 Å². The van der Waals surface area contributed by atoms with Gasteiger partial charge in [0.05, 0.1) is 0 Å². The topological polar surface area (TPSA) is 58.6 Å². The van der Waals surface area contributed by atoms with Crippen molar-refractivity contribution in [2.75, 3.05) is 6.61 Å². The van der Waals surface area contributed by atoms with Crippen molar-refractivity contribution in [1.82, 2.24) is 10.2 Å². The van der Waals surface area contributed by atoms with E-state index in [1.54, 1.807) is 25.1 Å². The Labute approximate surface area is 184 Å². The molecule has 0 spiro atoms. The Balaban J connectivity index is 2.23. The second-order valence-electron chi connectivity index (χ2n) is 9.01. The summed E-state index contributed by atoms with van der Waals surface area (Å²) in [4.78, 5) is 27.2. The van der Waals surface area contributed by atoms with Gasteiger partial charge in [-0.05, 0) is 51.3 Å². The van der Waals surface area contributed by atoms with E-state index in [4.69, 9.17) is 4.74 Å². The Bertz CT molecular complexity index is 906. The molecule has 2 aromatic carbocycles. The number of hydrogen-bond donors (Lipinski definition) is 1. The van der Waals surface area contributed by atoms with E-state index < -0.39 is 23.3 Å². The summed E-state index contributed by atoms with van der Waals surface area (Å²) in [6.07, 6.45) is 0. The third-order valence-electron chi connectivity index (χ3n) is 4.86. The average molecular weight is 429 g/mol. The number of hydrogen-bond acceptors (Lipinski definition) is 3. The van der Waals surface area contributed by atoms with Crippen LogP contribution in [0.25, 0.3) is 0 Å². The van der Waals surface area contributed by atoms with E-state index in [-0.39, 0.29) is 25.0 Å². The van der Waals surface area contributed by atoms with E-state index in [0.29, 0.717) is 11.3 Å². The molecule has 0 saturated carbocycles. The lowest BCUT2D eigenvalue weighted by Gasteiger charge is -2.31. The predicted octanol–water partition coefficient (Wildman–Crippen LogP) is 4.66. The second kappa shape index (κ2) is 10.4. The van der Waals surface area contributed by atoms with Crippen LogP contribution in [-0.2, 0) is 16.1 Å². The molecule has 0 aliphatic heterocycles. The van der Waals surface area contributed by atoms with Crippen molar-refractivity contribution in [2.45, 2.75) is 65.6 Å². The molecule has 0 heterocycles. The maximum Gasteiger partial charge on any atom is 0.261 e. The molecule has 2 amide bonds. The lowest BCUT2D eigenvalue weighted by atomic mass is 10.0. The largest absolute Gasteiger partial charge is 0.483 e. The summed E-state index contributed by atoms with van der Waals surface area (Å²) < 4.78 is 20.1. The third kappa shape index (κ3) is 7.09. The average Bonchev–Trinajstić information content (AvgIpc) is 2.69. The van der Waals surface area contributed by atoms with Crippen molar-refractivity contribution in [3.63, 3.8) is 0 Å². The van der Waals surface area contributed by atoms with Crippen LogP contribution in [0.4, 0.5) is 4.39 Å². The monoisotopic (exact) mass is 428 g/mol. The first kappa shape index (κ1) is 24.4. The van der Waals surface area contributed by atoms with Crippen molar-refractivity contribution >= 4 is 11.8 Å². The molecule has 0 aromatic heterocycles. The standard InChI is InChI=1S/C25H33FN2O3/c1-17(2)20-12-8-10-14-22(20)31-16-23(29)28(15-19-11-7-9-13-21(19)26)18(3)24(30)27-25(4,5)6/h7-14,17-18H,15-16H2,1-6H3,(H,27,30). The molecule has 0 radical (unpaired) electrons. The minimum Gasteiger partial charge on any atom is -0.483 e. The Morgan fingerprint density at radius 3 is 2.26 bits per heavy atom. The fourth-order valence-corrected chi connectivity index (χ4v) is 3.18. The zero-order valence-electron chi connectivity index (χ0n) is 19.2. The third-order valence-corrected chi connectivity index (χ3v) is 4.86. The van der Waals surface area contributed by atoms with Crippen LogP contribution in [-0.4, -0.2) is 34.9 Å². The first-order valence-corrected chi connectivity index (χ1v) is 10.6. The van der Waals surface area contributed by atoms with Gasteiger partial charge in [-0.25, -0.2) is 4.39 Å². The molecule has 0 aliphatic carbocycles. The lowest BCUT2D eigenvalue weighted by molar-refractivity contribution is -0.142. The van der Waals surface area contributed by atoms with Crippen molar-refractivity contribution in [3.8, 4) is 5.75 Å². The van der Waals surface area contributed by atoms with E-state index >= 15 is 0 Å². The Kier molecular flexibility index (Phi) is 8.20. The van der Waals surface area contributed by atoms with Crippen molar-refractivity contribution in [1.29, 1.82) is 0 Å². The number of halogens is 1. The molecule has 5 nitrogen and oxygen atoms in total. The predicted molar refractivity (Wildman–Crippen MR) is 120 cm³/mol. The van der Waals surface area contributed by atoms with Crippen molar-refractivity contribution in [3.05, 3.63) is 65.5 Å². The van der Waals surface area contributed by atoms with Gasteiger partial charge in [-0.15, -0.1) is 0 Å². The highest BCUT2D eigenvalue weighted by molar-refractivity contribution is 5.88. The van der Waals surface area contributed by atoms with E-state index in [0.717, 1.165) is 5.56 Å². The molecule has 0 aliphatic rings. The fraction of sp³-hybridized carbons (Fsp3) is 0.440. The molecule has 1 N–H and O–H groups in total. The highest BCUT2D eigenvalue weighted by Crippen LogP contribution is 2.26. The van der Waals surface area contributed by atoms with E-state index in [2.05, 4.69) is 5.32 Å². The van der Waals surface area contributed by atoms with Gasteiger partial charge in [0, 0.05) is 17.6 Å². The summed E-state index contributed by atoms with van der Waals surface area (Å²) in [5.74, 6) is -0.256. The molecule has 6 heteroatoms. The lowest BCUT2D eigenvalue weighted by Crippen LogP contribution is -2.53. The summed E-state index contributed by atoms with van der Waals surface area (Å²) >= 11 is 0. The molecular formula is C25H33FN2O3. The molecule has 0 saturated heterocycles. The Morgan fingerprint density at radius 1 is 1.03 bits per heavy atom. The summed E-state index contributed by atoms with van der Waals surface area (Å²) in [5, 5.41) is 2.89. The smallest absolute Gasteiger partial charge is 0.261 e. The molecule has 168 valence electrons. The number of benzene rings is 2. The highest BCUT2D eigenvalue weighted by atomic mass is 19.1. The van der Waals surface area contributed by atoms with Gasteiger partial charge in [-0.2, -0.15) is 0 Å². The molecule has 0 fully saturated rings. The van der Waals surface area contributed by atoms with Gasteiger partial charge < -0.3 is 15.0 Å². The van der Waals surface area contributed by atoms with Gasteiger partial charge in [-0.1, -0.05) is 50.2 Å². The van der Waals surface area contributed by atoms with Gasteiger partial charge in [0.1, 0.15) is 17.6 Å². The molecule has 0 bridgehead atoms. The normalized spacial score (nSPS) is 12.4. The number of nitrogens with zero attached hydrogens (tertiary/aromatic N) is 1. The minimum absolute atomic E-state index is 0.0283. The van der Waals surface area contributed by atoms with Crippen LogP contribution < -0.4 is 10.1 Å². The second-order valence-corrected chi connectivity index (χ2v) is 9.01. The van der Waals surface area contributed by atoms with E-state index in [9.17, 15) is 14.0 Å². The van der Waals surface area contributed by atoms with Crippen LogP contribution >= 0.6 is 0 Å². The first-order chi connectivity index (χ1) is 14.5. The number of amides is 2. The number of carbonyl (C=O) groups excluding carboxylic acids is 2. The zero-order valence-corrected chi connectivity index (χ0v) is 19.2. The van der Waals surface area contributed by atoms with E-state index in [1.165, 1.54) is 11.0 Å². The number of ether oxygens (including phenoxy) is 1. The van der Waals surface area contributed by atoms with Crippen LogP contribution in [0.1, 0.15) is 58.6 Å². The van der Waals surface area contributed by atoms with E-state index in [1.807, 2.05) is 58.9 Å². The number of carbonyl (C=O) groups is 2. The van der Waals surface area contributed by atoms with Gasteiger partial charge in [-0.3, -0.25) is 9.59 Å². The molecule has 1 unspecified atom stereocenters. The SMILES string of the molecule is CC(C)c1ccccc1OCC(=O)N(Cc1ccccc1F)C(C)C(=O)NC(C)(C)C. The Hall–Kier alpha value is -2.89. The first-order valence-electron chi connectivity index (χ1n) is 10.6. The number of rotatable bonds is 8. The molecule has 1 atom stereocenters. The quantitative estimate of drug-likeness (QED) is 0.665. The Morgan fingerprint density at radius 2 is 1.65 bits per heavy atom. The molecular weight excluding hydrogens is 395 g/mol. The van der Waals surface area contributed by atoms with Gasteiger partial charge >= 0.3 is 0 Å². The van der Waals surface area contributed by atoms with Crippen LogP contribution in [0.3, 0.4) is 0 Å². The van der Waals surface area contributed by atoms with Crippen molar-refractivity contribution in [2.24, 2.45) is 0 Å². The summed E-state index contributed by atoms with van der Waals surface area (Å²) in [6.45, 7) is 11.1. The number of nitrogens with one attached hydrogen (secondary N) is 1. The van der Waals surface area contributed by atoms with Gasteiger partial charge in [0.25, 0.3) is 5.91 Å². The minimum atomic E-state index is -0.796. The van der Waals surface area contributed by atoms with Crippen LogP contribution in [0.2, 0.25) is 0 Å². The van der Waals surface area contributed by atoms with Crippen LogP contribution in [0.15, 0.2) is 48.5 Å². The maximum absolute atomic E-state index is 14.3. The molecule has 2 rings (SSSR count). The zero-order chi connectivity index (χ0) is 23.2. The van der Waals surface area contributed by atoms with Crippen LogP contribution in [0, 0.1) is 5.82 Å². The van der Waals surface area contributed by atoms with Crippen molar-refractivity contribution < 1.29 is 18.7 Å². The highest BCUT2D eigenvalue weighted by Gasteiger charge is 2.29. The molecule has 31 heavy (non-hydrogen) atoms. The summed E-state index contributed by atoms with van der Waals surface area (Å²) in [5.41, 5.74) is 0.883. The summed E-state index contributed by atoms with van der Waals surface area (Å²) in [7, 11) is 0. The van der Waals surface area contributed by atoms with Crippen LogP contribution in [0.5, 0.6) is 5.75 Å². The fourth-order valence-electron chi connectivity index (χ4n) is 3.18. The summed E-state index contributed by atoms with van der Waals surface area (Å²) in [6, 6.07) is 13.0. The molecule has 2 aromatic rings. The maximum atomic E-state index is 14.3. The van der Waals surface area contributed by atoms with Gasteiger partial charge in [0.2, 0.25) is 5.91 Å². The number of para-hydroxylation sites is 1.